The van der Waals surface area contributed by atoms with Crippen molar-refractivity contribution >= 4 is 21.8 Å². The smallest absolute Gasteiger partial charge is 0.187 e. The third-order valence-corrected chi connectivity index (χ3v) is 3.91. The van der Waals surface area contributed by atoms with Crippen LogP contribution in [0, 0.1) is 0 Å². The topological polar surface area (TPSA) is 47.1 Å². The Hall–Kier alpha value is -2.23. The van der Waals surface area contributed by atoms with Crippen LogP contribution in [0.15, 0.2) is 24.3 Å². The molecule has 4 nitrogen and oxygen atoms in total. The fourth-order valence-electron chi connectivity index (χ4n) is 2.84. The molecule has 1 N–H and O–H groups in total. The fourth-order valence-corrected chi connectivity index (χ4v) is 2.84. The molecule has 1 atom stereocenters. The Bertz CT molecular complexity index is 836. The van der Waals surface area contributed by atoms with Gasteiger partial charge in [-0.2, -0.15) is 0 Å². The third-order valence-electron chi connectivity index (χ3n) is 3.91. The van der Waals surface area contributed by atoms with Gasteiger partial charge >= 0.3 is 0 Å². The van der Waals surface area contributed by atoms with E-state index in [1.165, 1.54) is 0 Å². The van der Waals surface area contributed by atoms with Crippen molar-refractivity contribution in [2.45, 2.75) is 32.8 Å². The first-order chi connectivity index (χ1) is 10.1. The number of nitrogens with one attached hydrogen (secondary N) is 1. The van der Waals surface area contributed by atoms with Gasteiger partial charge in [-0.3, -0.25) is 0 Å². The first-order valence-electron chi connectivity index (χ1n) is 7.39. The normalized spacial score (nSPS) is 17.8. The van der Waals surface area contributed by atoms with Crippen LogP contribution in [0.1, 0.15) is 32.5 Å². The van der Waals surface area contributed by atoms with Crippen LogP contribution in [-0.2, 0) is 0 Å². The summed E-state index contributed by atoms with van der Waals surface area (Å²) in [6, 6.07) is 8.21. The molecule has 1 aliphatic heterocycles. The Balaban J connectivity index is 2.14. The average Bonchev–Trinajstić information content (AvgIpc) is 2.93. The largest absolute Gasteiger partial charge is 0.484 e. The van der Waals surface area contributed by atoms with Crippen LogP contribution in [0.5, 0.6) is 11.5 Å². The number of aromatic nitrogens is 2. The SMILES string of the molecule is CC(C)c1nc2c([nH]1)c1c(c3ccccc32)O[C@@H](C)CO1. The Morgan fingerprint density at radius 2 is 1.95 bits per heavy atom. The fraction of sp³-hybridized carbons (Fsp3) is 0.353. The molecule has 0 saturated heterocycles. The van der Waals surface area contributed by atoms with E-state index in [4.69, 9.17) is 14.5 Å². The van der Waals surface area contributed by atoms with E-state index in [2.05, 4.69) is 31.0 Å². The maximum absolute atomic E-state index is 6.05. The predicted octanol–water partition coefficient (Wildman–Crippen LogP) is 4.00. The summed E-state index contributed by atoms with van der Waals surface area (Å²) in [5, 5.41) is 2.17. The maximum Gasteiger partial charge on any atom is 0.187 e. The van der Waals surface area contributed by atoms with E-state index < -0.39 is 0 Å². The third kappa shape index (κ3) is 1.78. The van der Waals surface area contributed by atoms with E-state index in [1.54, 1.807) is 0 Å². The average molecular weight is 282 g/mol. The lowest BCUT2D eigenvalue weighted by Gasteiger charge is -2.25. The van der Waals surface area contributed by atoms with Crippen LogP contribution >= 0.6 is 0 Å². The van der Waals surface area contributed by atoms with E-state index >= 15 is 0 Å². The highest BCUT2D eigenvalue weighted by Gasteiger charge is 2.25. The summed E-state index contributed by atoms with van der Waals surface area (Å²) in [7, 11) is 0. The molecule has 0 bridgehead atoms. The van der Waals surface area contributed by atoms with Gasteiger partial charge in [-0.15, -0.1) is 0 Å². The van der Waals surface area contributed by atoms with Gasteiger partial charge in [0.1, 0.15) is 29.6 Å². The highest BCUT2D eigenvalue weighted by atomic mass is 16.6. The molecule has 2 aromatic carbocycles. The van der Waals surface area contributed by atoms with Crippen molar-refractivity contribution in [2.75, 3.05) is 6.61 Å². The second-order valence-corrected chi connectivity index (χ2v) is 5.94. The van der Waals surface area contributed by atoms with Crippen LogP contribution in [0.3, 0.4) is 0 Å². The van der Waals surface area contributed by atoms with Crippen LogP contribution in [-0.4, -0.2) is 22.7 Å². The molecule has 0 saturated carbocycles. The highest BCUT2D eigenvalue weighted by molar-refractivity contribution is 6.11. The summed E-state index contributed by atoms with van der Waals surface area (Å²) in [6.07, 6.45) is 0.0610. The van der Waals surface area contributed by atoms with Gasteiger partial charge in [0.05, 0.1) is 0 Å². The molecule has 1 aromatic heterocycles. The van der Waals surface area contributed by atoms with Gasteiger partial charge in [-0.25, -0.2) is 4.98 Å². The minimum atomic E-state index is 0.0610. The number of aromatic amines is 1. The van der Waals surface area contributed by atoms with Gasteiger partial charge < -0.3 is 14.5 Å². The number of fused-ring (bicyclic) bond motifs is 6. The van der Waals surface area contributed by atoms with Crippen molar-refractivity contribution in [2.24, 2.45) is 0 Å². The molecule has 108 valence electrons. The molecule has 4 rings (SSSR count). The number of H-pyrrole nitrogens is 1. The molecule has 0 unspecified atom stereocenters. The number of rotatable bonds is 1. The summed E-state index contributed by atoms with van der Waals surface area (Å²) in [5.74, 6) is 2.94. The predicted molar refractivity (Wildman–Crippen MR) is 83.3 cm³/mol. The second kappa shape index (κ2) is 4.38. The summed E-state index contributed by atoms with van der Waals surface area (Å²) in [5.41, 5.74) is 1.91. The van der Waals surface area contributed by atoms with Crippen molar-refractivity contribution in [3.05, 3.63) is 30.1 Å². The van der Waals surface area contributed by atoms with Gasteiger partial charge in [0.2, 0.25) is 0 Å². The molecular formula is C17H18N2O2. The number of hydrogen-bond acceptors (Lipinski definition) is 3. The van der Waals surface area contributed by atoms with Crippen molar-refractivity contribution in [3.8, 4) is 11.5 Å². The van der Waals surface area contributed by atoms with Gasteiger partial charge in [0, 0.05) is 16.7 Å². The van der Waals surface area contributed by atoms with E-state index in [-0.39, 0.29) is 6.10 Å². The quantitative estimate of drug-likeness (QED) is 0.734. The molecular weight excluding hydrogens is 264 g/mol. The lowest BCUT2D eigenvalue weighted by atomic mass is 10.1. The number of benzene rings is 2. The highest BCUT2D eigenvalue weighted by Crippen LogP contribution is 2.45. The Labute approximate surface area is 123 Å². The van der Waals surface area contributed by atoms with Crippen molar-refractivity contribution in [1.29, 1.82) is 0 Å². The molecule has 3 aromatic rings. The molecule has 1 aliphatic rings. The van der Waals surface area contributed by atoms with E-state index in [0.29, 0.717) is 12.5 Å². The minimum absolute atomic E-state index is 0.0610. The first-order valence-corrected chi connectivity index (χ1v) is 7.39. The van der Waals surface area contributed by atoms with E-state index in [0.717, 1.165) is 39.1 Å². The lowest BCUT2D eigenvalue weighted by Crippen LogP contribution is -2.26. The monoisotopic (exact) mass is 282 g/mol. The van der Waals surface area contributed by atoms with Crippen LogP contribution in [0.2, 0.25) is 0 Å². The van der Waals surface area contributed by atoms with Crippen LogP contribution in [0.25, 0.3) is 21.8 Å². The molecule has 2 heterocycles. The second-order valence-electron chi connectivity index (χ2n) is 5.94. The van der Waals surface area contributed by atoms with Crippen LogP contribution in [0.4, 0.5) is 0 Å². The summed E-state index contributed by atoms with van der Waals surface area (Å²) >= 11 is 0. The zero-order valence-electron chi connectivity index (χ0n) is 12.4. The molecule has 0 aliphatic carbocycles. The summed E-state index contributed by atoms with van der Waals surface area (Å²) < 4.78 is 12.0. The van der Waals surface area contributed by atoms with Gasteiger partial charge in [-0.05, 0) is 6.92 Å². The number of imidazole rings is 1. The first kappa shape index (κ1) is 12.5. The number of ether oxygens (including phenoxy) is 2. The zero-order valence-corrected chi connectivity index (χ0v) is 12.4. The number of hydrogen-bond donors (Lipinski definition) is 1. The van der Waals surface area contributed by atoms with Gasteiger partial charge in [0.25, 0.3) is 0 Å². The Kier molecular flexibility index (Phi) is 2.61. The minimum Gasteiger partial charge on any atom is -0.484 e. The van der Waals surface area contributed by atoms with Gasteiger partial charge in [0.15, 0.2) is 11.5 Å². The summed E-state index contributed by atoms with van der Waals surface area (Å²) in [6.45, 7) is 6.85. The molecule has 4 heteroatoms. The van der Waals surface area contributed by atoms with Crippen molar-refractivity contribution in [1.82, 2.24) is 9.97 Å². The van der Waals surface area contributed by atoms with Crippen molar-refractivity contribution in [3.63, 3.8) is 0 Å². The van der Waals surface area contributed by atoms with Crippen molar-refractivity contribution < 1.29 is 9.47 Å². The standard InChI is InChI=1S/C17H18N2O2/c1-9(2)17-18-13-11-6-4-5-7-12(11)15-16(14(13)19-17)20-8-10(3)21-15/h4-7,9-10H,8H2,1-3H3,(H,18,19)/t10-/m0/s1. The molecule has 0 spiro atoms. The van der Waals surface area contributed by atoms with Gasteiger partial charge in [-0.1, -0.05) is 38.1 Å². The van der Waals surface area contributed by atoms with Crippen LogP contribution < -0.4 is 9.47 Å². The zero-order chi connectivity index (χ0) is 14.6. The van der Waals surface area contributed by atoms with E-state index in [1.807, 2.05) is 19.1 Å². The molecule has 0 fully saturated rings. The lowest BCUT2D eigenvalue weighted by molar-refractivity contribution is 0.108. The Morgan fingerprint density at radius 1 is 1.19 bits per heavy atom. The molecule has 0 amide bonds. The summed E-state index contributed by atoms with van der Waals surface area (Å²) in [4.78, 5) is 8.19. The maximum atomic E-state index is 6.05. The van der Waals surface area contributed by atoms with E-state index in [9.17, 15) is 0 Å². The Morgan fingerprint density at radius 3 is 2.71 bits per heavy atom. The molecule has 0 radical (unpaired) electrons. The number of nitrogens with zero attached hydrogens (tertiary/aromatic N) is 1. The molecule has 21 heavy (non-hydrogen) atoms.